The van der Waals surface area contributed by atoms with Crippen molar-refractivity contribution in [1.29, 1.82) is 0 Å². The summed E-state index contributed by atoms with van der Waals surface area (Å²) >= 11 is 3.44. The Morgan fingerprint density at radius 3 is 2.59 bits per heavy atom. The fraction of sp³-hybridized carbons (Fsp3) is 0.0714. The summed E-state index contributed by atoms with van der Waals surface area (Å²) in [7, 11) is 0. The Hall–Kier alpha value is -1.61. The molecule has 2 heterocycles. The van der Waals surface area contributed by atoms with Crippen molar-refractivity contribution in [2.24, 2.45) is 0 Å². The highest BCUT2D eigenvalue weighted by atomic mass is 79.9. The molecule has 1 aromatic heterocycles. The van der Waals surface area contributed by atoms with Crippen LogP contribution in [0.5, 0.6) is 0 Å². The highest BCUT2D eigenvalue weighted by Crippen LogP contribution is 2.27. The minimum absolute atomic E-state index is 0.125. The number of nitrogens with zero attached hydrogens (tertiary/aromatic N) is 1. The molecular formula is C14H10BrNO. The number of ketones is 1. The fourth-order valence-electron chi connectivity index (χ4n) is 2.07. The molecular weight excluding hydrogens is 278 g/mol. The summed E-state index contributed by atoms with van der Waals surface area (Å²) in [4.78, 5) is 12.1. The number of hydrogen-bond donors (Lipinski definition) is 0. The molecule has 2 aromatic rings. The first-order chi connectivity index (χ1) is 8.25. The summed E-state index contributed by atoms with van der Waals surface area (Å²) in [6.07, 6.45) is 1.96. The number of carbonyl (C=O) groups is 1. The Kier molecular flexibility index (Phi) is 2.48. The molecule has 0 atom stereocenters. The Balaban J connectivity index is 1.99. The molecule has 0 saturated heterocycles. The molecule has 0 aliphatic carbocycles. The van der Waals surface area contributed by atoms with Crippen molar-refractivity contribution in [2.75, 3.05) is 0 Å². The minimum Gasteiger partial charge on any atom is -0.328 e. The first-order valence-electron chi connectivity index (χ1n) is 5.41. The summed E-state index contributed by atoms with van der Waals surface area (Å²) in [5, 5.41) is 0. The molecule has 0 saturated carbocycles. The topological polar surface area (TPSA) is 22.0 Å². The van der Waals surface area contributed by atoms with Crippen molar-refractivity contribution in [3.05, 3.63) is 63.9 Å². The zero-order valence-electron chi connectivity index (χ0n) is 9.06. The molecule has 0 fully saturated rings. The second-order valence-corrected chi connectivity index (χ2v) is 4.85. The normalized spacial score (nSPS) is 16.5. The van der Waals surface area contributed by atoms with Crippen molar-refractivity contribution >= 4 is 27.8 Å². The molecule has 0 N–H and O–H groups in total. The molecule has 17 heavy (non-hydrogen) atoms. The van der Waals surface area contributed by atoms with Gasteiger partial charge in [0.15, 0.2) is 0 Å². The van der Waals surface area contributed by atoms with Crippen LogP contribution in [0.3, 0.4) is 0 Å². The largest absolute Gasteiger partial charge is 0.328 e. The van der Waals surface area contributed by atoms with Gasteiger partial charge in [0, 0.05) is 5.57 Å². The first kappa shape index (κ1) is 10.5. The third-order valence-electron chi connectivity index (χ3n) is 2.92. The molecule has 1 aliphatic heterocycles. The number of fused-ring (bicyclic) bond motifs is 1. The van der Waals surface area contributed by atoms with Gasteiger partial charge in [0.2, 0.25) is 5.78 Å². The minimum atomic E-state index is 0.125. The highest BCUT2D eigenvalue weighted by molar-refractivity contribution is 9.10. The number of Topliss-reactive ketones (excluding diaryl/α,β-unsaturated/α-hetero) is 1. The quantitative estimate of drug-likeness (QED) is 0.736. The number of rotatable bonds is 1. The van der Waals surface area contributed by atoms with Crippen molar-refractivity contribution < 1.29 is 4.79 Å². The highest BCUT2D eigenvalue weighted by Gasteiger charge is 2.25. The van der Waals surface area contributed by atoms with E-state index in [1.54, 1.807) is 0 Å². The number of aromatic nitrogens is 1. The van der Waals surface area contributed by atoms with Gasteiger partial charge in [-0.25, -0.2) is 0 Å². The third-order valence-corrected chi connectivity index (χ3v) is 3.61. The van der Waals surface area contributed by atoms with Crippen LogP contribution in [0.4, 0.5) is 0 Å². The number of benzene rings is 1. The van der Waals surface area contributed by atoms with E-state index in [1.165, 1.54) is 0 Å². The van der Waals surface area contributed by atoms with Crippen LogP contribution in [0.25, 0.3) is 6.08 Å². The van der Waals surface area contributed by atoms with Crippen LogP contribution in [0.1, 0.15) is 16.1 Å². The van der Waals surface area contributed by atoms with E-state index in [0.717, 1.165) is 21.4 Å². The number of hydrogen-bond acceptors (Lipinski definition) is 1. The predicted molar refractivity (Wildman–Crippen MR) is 70.9 cm³/mol. The van der Waals surface area contributed by atoms with Gasteiger partial charge >= 0.3 is 0 Å². The molecule has 2 nitrogen and oxygen atoms in total. The second-order valence-electron chi connectivity index (χ2n) is 4.04. The molecule has 1 aromatic carbocycles. The lowest BCUT2D eigenvalue weighted by Gasteiger charge is -1.98. The Morgan fingerprint density at radius 2 is 1.88 bits per heavy atom. The summed E-state index contributed by atoms with van der Waals surface area (Å²) in [5.41, 5.74) is 2.67. The van der Waals surface area contributed by atoms with Crippen molar-refractivity contribution in [3.63, 3.8) is 0 Å². The number of halogens is 1. The van der Waals surface area contributed by atoms with E-state index in [-0.39, 0.29) is 5.78 Å². The maximum Gasteiger partial charge on any atom is 0.207 e. The summed E-state index contributed by atoms with van der Waals surface area (Å²) in [5.74, 6) is 0.125. The van der Waals surface area contributed by atoms with E-state index in [2.05, 4.69) is 15.9 Å². The van der Waals surface area contributed by atoms with Gasteiger partial charge in [0.1, 0.15) is 0 Å². The Morgan fingerprint density at radius 1 is 1.12 bits per heavy atom. The second kappa shape index (κ2) is 4.00. The van der Waals surface area contributed by atoms with E-state index < -0.39 is 0 Å². The van der Waals surface area contributed by atoms with Crippen LogP contribution in [-0.2, 0) is 6.54 Å². The van der Waals surface area contributed by atoms with Crippen LogP contribution in [-0.4, -0.2) is 10.4 Å². The summed E-state index contributed by atoms with van der Waals surface area (Å²) in [6.45, 7) is 0.649. The van der Waals surface area contributed by atoms with Crippen LogP contribution in [0, 0.1) is 0 Å². The average Bonchev–Trinajstić information content (AvgIpc) is 2.84. The lowest BCUT2D eigenvalue weighted by molar-refractivity contribution is 0.103. The Labute approximate surface area is 108 Å². The molecule has 0 unspecified atom stereocenters. The predicted octanol–water partition coefficient (Wildman–Crippen LogP) is 3.53. The van der Waals surface area contributed by atoms with Crippen molar-refractivity contribution in [1.82, 2.24) is 4.57 Å². The van der Waals surface area contributed by atoms with E-state index in [0.29, 0.717) is 6.54 Å². The third kappa shape index (κ3) is 1.76. The monoisotopic (exact) mass is 287 g/mol. The molecule has 3 heteroatoms. The van der Waals surface area contributed by atoms with Crippen molar-refractivity contribution in [2.45, 2.75) is 6.54 Å². The number of carbonyl (C=O) groups excluding carboxylic acids is 1. The van der Waals surface area contributed by atoms with Gasteiger partial charge < -0.3 is 4.57 Å². The molecule has 1 aliphatic rings. The Bertz CT molecular complexity index is 610. The van der Waals surface area contributed by atoms with Crippen LogP contribution < -0.4 is 0 Å². The van der Waals surface area contributed by atoms with E-state index >= 15 is 0 Å². The SMILES string of the molecule is O=C1/C(=C/c2ccccc2)Cn2c(Br)ccc21. The standard InChI is InChI=1S/C14H10BrNO/c15-13-7-6-12-14(17)11(9-16(12)13)8-10-4-2-1-3-5-10/h1-8H,9H2/b11-8+. The maximum absolute atomic E-state index is 12.1. The molecule has 84 valence electrons. The van der Waals surface area contributed by atoms with E-state index in [1.807, 2.05) is 53.1 Å². The van der Waals surface area contributed by atoms with Gasteiger partial charge in [-0.1, -0.05) is 30.3 Å². The fourth-order valence-corrected chi connectivity index (χ4v) is 2.52. The lowest BCUT2D eigenvalue weighted by atomic mass is 10.1. The van der Waals surface area contributed by atoms with Gasteiger partial charge in [0.05, 0.1) is 16.8 Å². The zero-order valence-corrected chi connectivity index (χ0v) is 10.6. The van der Waals surface area contributed by atoms with Gasteiger partial charge in [-0.2, -0.15) is 0 Å². The van der Waals surface area contributed by atoms with Crippen LogP contribution in [0.2, 0.25) is 0 Å². The van der Waals surface area contributed by atoms with Gasteiger partial charge in [-0.3, -0.25) is 4.79 Å². The molecule has 0 spiro atoms. The summed E-state index contributed by atoms with van der Waals surface area (Å²) < 4.78 is 2.94. The van der Waals surface area contributed by atoms with Crippen molar-refractivity contribution in [3.8, 4) is 0 Å². The van der Waals surface area contributed by atoms with Gasteiger partial charge in [-0.15, -0.1) is 0 Å². The molecule has 0 radical (unpaired) electrons. The van der Waals surface area contributed by atoms with Crippen LogP contribution in [0.15, 0.2) is 52.6 Å². The molecule has 0 bridgehead atoms. The van der Waals surface area contributed by atoms with Gasteiger partial charge in [-0.05, 0) is 39.7 Å². The summed E-state index contributed by atoms with van der Waals surface area (Å²) in [6, 6.07) is 13.7. The van der Waals surface area contributed by atoms with E-state index in [4.69, 9.17) is 0 Å². The van der Waals surface area contributed by atoms with Gasteiger partial charge in [0.25, 0.3) is 0 Å². The maximum atomic E-state index is 12.1. The smallest absolute Gasteiger partial charge is 0.207 e. The first-order valence-corrected chi connectivity index (χ1v) is 6.20. The van der Waals surface area contributed by atoms with Crippen LogP contribution >= 0.6 is 15.9 Å². The van der Waals surface area contributed by atoms with E-state index in [9.17, 15) is 4.79 Å². The number of allylic oxidation sites excluding steroid dienone is 1. The average molecular weight is 288 g/mol. The molecule has 3 rings (SSSR count). The zero-order chi connectivity index (χ0) is 11.8. The lowest BCUT2D eigenvalue weighted by Crippen LogP contribution is -1.94. The molecule has 0 amide bonds.